The molecule has 1 aromatic heterocycles. The molecule has 0 radical (unpaired) electrons. The number of hydrogen-bond acceptors (Lipinski definition) is 6. The van der Waals surface area contributed by atoms with Crippen molar-refractivity contribution in [1.29, 1.82) is 0 Å². The Morgan fingerprint density at radius 3 is 2.55 bits per heavy atom. The van der Waals surface area contributed by atoms with E-state index in [4.69, 9.17) is 33.0 Å². The third kappa shape index (κ3) is 5.17. The van der Waals surface area contributed by atoms with Crippen LogP contribution in [-0.4, -0.2) is 42.2 Å². The van der Waals surface area contributed by atoms with Crippen molar-refractivity contribution in [3.8, 4) is 0 Å². The monoisotopic (exact) mass is 471 g/mol. The summed E-state index contributed by atoms with van der Waals surface area (Å²) in [4.78, 5) is 25.8. The highest BCUT2D eigenvalue weighted by atomic mass is 35.5. The third-order valence-electron chi connectivity index (χ3n) is 6.74. The minimum atomic E-state index is -0.475. The number of urea groups is 1. The molecule has 4 rings (SSSR count). The van der Waals surface area contributed by atoms with Gasteiger partial charge in [-0.1, -0.05) is 17.7 Å². The largest absolute Gasteiger partial charge is 0.362 e. The molecule has 2 amide bonds. The summed E-state index contributed by atoms with van der Waals surface area (Å²) in [5.74, 6) is 1.72. The molecule has 0 saturated heterocycles. The lowest BCUT2D eigenvalue weighted by atomic mass is 9.89. The number of nitrogens with zero attached hydrogens (tertiary/aromatic N) is 4. The summed E-state index contributed by atoms with van der Waals surface area (Å²) in [5.41, 5.74) is 15.7. The molecule has 1 saturated carbocycles. The summed E-state index contributed by atoms with van der Waals surface area (Å²) in [5, 5.41) is 4.12. The van der Waals surface area contributed by atoms with Crippen molar-refractivity contribution in [1.82, 2.24) is 9.97 Å². The highest BCUT2D eigenvalue weighted by molar-refractivity contribution is 6.31. The minimum Gasteiger partial charge on any atom is -0.362 e. The van der Waals surface area contributed by atoms with Crippen LogP contribution in [0.15, 0.2) is 18.2 Å². The van der Waals surface area contributed by atoms with Gasteiger partial charge < -0.3 is 21.7 Å². The van der Waals surface area contributed by atoms with Gasteiger partial charge in [0.05, 0.1) is 11.4 Å². The number of rotatable bonds is 6. The van der Waals surface area contributed by atoms with Crippen molar-refractivity contribution in [3.05, 3.63) is 40.0 Å². The van der Waals surface area contributed by atoms with E-state index in [1.807, 2.05) is 20.2 Å². The SMILES string of the molecule is CN(C)c1nc(N[C@H]2CC[C@@H](N(C(N)=O)c3cc(Cl)ccc3CN)CC2)nc2c1CCCC2. The molecule has 1 fully saturated rings. The minimum absolute atomic E-state index is 0.00565. The number of benzene rings is 1. The number of carbonyl (C=O) groups is 1. The Kier molecular flexibility index (Phi) is 7.24. The van der Waals surface area contributed by atoms with Crippen molar-refractivity contribution < 1.29 is 4.79 Å². The molecular weight excluding hydrogens is 438 g/mol. The molecule has 0 spiro atoms. The van der Waals surface area contributed by atoms with Gasteiger partial charge in [0, 0.05) is 43.3 Å². The molecule has 8 nitrogen and oxygen atoms in total. The Balaban J connectivity index is 1.47. The van der Waals surface area contributed by atoms with Crippen molar-refractivity contribution in [2.45, 2.75) is 70.0 Å². The number of aryl methyl sites for hydroxylation is 1. The Bertz CT molecular complexity index is 1000. The highest BCUT2D eigenvalue weighted by Gasteiger charge is 2.31. The number of primary amides is 1. The summed E-state index contributed by atoms with van der Waals surface area (Å²) in [6, 6.07) is 5.21. The Hall–Kier alpha value is -2.58. The van der Waals surface area contributed by atoms with Crippen LogP contribution in [-0.2, 0) is 19.4 Å². The summed E-state index contributed by atoms with van der Waals surface area (Å²) in [7, 11) is 4.08. The van der Waals surface area contributed by atoms with E-state index in [0.717, 1.165) is 49.9 Å². The zero-order valence-electron chi connectivity index (χ0n) is 19.5. The first kappa shape index (κ1) is 23.6. The fraction of sp³-hybridized carbons (Fsp3) is 0.542. The maximum Gasteiger partial charge on any atom is 0.319 e. The molecule has 2 aliphatic rings. The van der Waals surface area contributed by atoms with Crippen molar-refractivity contribution in [2.75, 3.05) is 29.2 Å². The van der Waals surface area contributed by atoms with Gasteiger partial charge in [0.2, 0.25) is 5.95 Å². The number of nitrogens with two attached hydrogens (primary N) is 2. The fourth-order valence-corrected chi connectivity index (χ4v) is 5.27. The number of aromatic nitrogens is 2. The topological polar surface area (TPSA) is 113 Å². The quantitative estimate of drug-likeness (QED) is 0.589. The number of carbonyl (C=O) groups excluding carboxylic acids is 1. The van der Waals surface area contributed by atoms with Gasteiger partial charge in [-0.25, -0.2) is 9.78 Å². The average Bonchev–Trinajstić information content (AvgIpc) is 2.80. The van der Waals surface area contributed by atoms with E-state index in [9.17, 15) is 4.79 Å². The number of anilines is 3. The van der Waals surface area contributed by atoms with Gasteiger partial charge in [-0.05, 0) is 69.1 Å². The van der Waals surface area contributed by atoms with E-state index in [1.165, 1.54) is 24.1 Å². The van der Waals surface area contributed by atoms with Crippen LogP contribution in [0.4, 0.5) is 22.2 Å². The molecule has 9 heteroatoms. The van der Waals surface area contributed by atoms with Crippen LogP contribution in [0.3, 0.4) is 0 Å². The van der Waals surface area contributed by atoms with Crippen LogP contribution in [0.25, 0.3) is 0 Å². The number of nitrogens with one attached hydrogen (secondary N) is 1. The zero-order valence-corrected chi connectivity index (χ0v) is 20.2. The lowest BCUT2D eigenvalue weighted by Gasteiger charge is -2.37. The highest BCUT2D eigenvalue weighted by Crippen LogP contribution is 2.33. The van der Waals surface area contributed by atoms with Gasteiger partial charge in [0.15, 0.2) is 0 Å². The van der Waals surface area contributed by atoms with E-state index in [2.05, 4.69) is 10.2 Å². The number of hydrogen-bond donors (Lipinski definition) is 3. The van der Waals surface area contributed by atoms with Gasteiger partial charge in [-0.3, -0.25) is 4.90 Å². The molecule has 1 aromatic carbocycles. The van der Waals surface area contributed by atoms with E-state index < -0.39 is 6.03 Å². The Morgan fingerprint density at radius 2 is 1.88 bits per heavy atom. The molecule has 0 bridgehead atoms. The molecule has 0 atom stereocenters. The second kappa shape index (κ2) is 10.1. The van der Waals surface area contributed by atoms with Crippen LogP contribution in [0.1, 0.15) is 55.3 Å². The summed E-state index contributed by atoms with van der Waals surface area (Å²) >= 11 is 6.21. The maximum atomic E-state index is 12.4. The lowest BCUT2D eigenvalue weighted by Crippen LogP contribution is -2.47. The summed E-state index contributed by atoms with van der Waals surface area (Å²) in [6.07, 6.45) is 7.87. The number of halogens is 1. The van der Waals surface area contributed by atoms with Crippen molar-refractivity contribution >= 4 is 35.1 Å². The van der Waals surface area contributed by atoms with Gasteiger partial charge in [0.25, 0.3) is 0 Å². The average molecular weight is 472 g/mol. The second-order valence-corrected chi connectivity index (χ2v) is 9.67. The van der Waals surface area contributed by atoms with Crippen molar-refractivity contribution in [2.24, 2.45) is 11.5 Å². The van der Waals surface area contributed by atoms with Crippen LogP contribution in [0.2, 0.25) is 5.02 Å². The van der Waals surface area contributed by atoms with E-state index in [0.29, 0.717) is 23.2 Å². The zero-order chi connectivity index (χ0) is 23.5. The lowest BCUT2D eigenvalue weighted by molar-refractivity contribution is 0.248. The molecule has 33 heavy (non-hydrogen) atoms. The Labute approximate surface area is 200 Å². The first-order chi connectivity index (χ1) is 15.9. The van der Waals surface area contributed by atoms with E-state index in [1.54, 1.807) is 17.0 Å². The molecule has 178 valence electrons. The van der Waals surface area contributed by atoms with Crippen LogP contribution in [0.5, 0.6) is 0 Å². The maximum absolute atomic E-state index is 12.4. The van der Waals surface area contributed by atoms with Gasteiger partial charge >= 0.3 is 6.03 Å². The van der Waals surface area contributed by atoms with Crippen molar-refractivity contribution in [3.63, 3.8) is 0 Å². The summed E-state index contributed by atoms with van der Waals surface area (Å²) in [6.45, 7) is 0.317. The predicted octanol–water partition coefficient (Wildman–Crippen LogP) is 3.84. The van der Waals surface area contributed by atoms with Gasteiger partial charge in [0.1, 0.15) is 5.82 Å². The molecule has 2 aliphatic carbocycles. The van der Waals surface area contributed by atoms with Gasteiger partial charge in [-0.2, -0.15) is 4.98 Å². The first-order valence-corrected chi connectivity index (χ1v) is 12.2. The standard InChI is InChI=1S/C24H34ClN7O/c1-31(2)22-19-5-3-4-6-20(19)29-24(30-22)28-17-9-11-18(12-10-17)32(23(27)33)21-13-16(25)8-7-15(21)14-26/h7-8,13,17-18H,3-6,9-12,14,26H2,1-2H3,(H2,27,33)(H,28,29,30)/t17-,18+. The molecular formula is C24H34ClN7O. The predicted molar refractivity (Wildman–Crippen MR) is 134 cm³/mol. The molecule has 1 heterocycles. The van der Waals surface area contributed by atoms with E-state index in [-0.39, 0.29) is 12.1 Å². The van der Waals surface area contributed by atoms with Crippen LogP contribution >= 0.6 is 11.6 Å². The van der Waals surface area contributed by atoms with Gasteiger partial charge in [-0.15, -0.1) is 0 Å². The molecule has 5 N–H and O–H groups in total. The van der Waals surface area contributed by atoms with Crippen LogP contribution in [0, 0.1) is 0 Å². The molecule has 0 aliphatic heterocycles. The summed E-state index contributed by atoms with van der Waals surface area (Å²) < 4.78 is 0. The Morgan fingerprint density at radius 1 is 1.15 bits per heavy atom. The van der Waals surface area contributed by atoms with E-state index >= 15 is 0 Å². The number of fused-ring (bicyclic) bond motifs is 1. The smallest absolute Gasteiger partial charge is 0.319 e. The molecule has 2 aromatic rings. The number of amides is 2. The normalized spacial score (nSPS) is 20.1. The fourth-order valence-electron chi connectivity index (χ4n) is 5.10. The van der Waals surface area contributed by atoms with Crippen LogP contribution < -0.4 is 26.6 Å². The second-order valence-electron chi connectivity index (χ2n) is 9.23. The molecule has 0 unspecified atom stereocenters. The first-order valence-electron chi connectivity index (χ1n) is 11.8. The third-order valence-corrected chi connectivity index (χ3v) is 6.98.